The standard InChI is InChI=1S/C36H38Cl3N3O7S/c1-23(2)40-36(44)31(17-24-9-7-6-8-10-24)41(21-25-11-12-26(37)18-29(25)39)35(43)22-42(30-19-27(38)13-15-32(30)47-3)50(45,46)28-14-16-33(48-4)34(20-28)49-5/h6-16,18-20,23,31H,17,21-22H2,1-5H3,(H,40,44)/t31-/m0/s1. The second kappa shape index (κ2) is 17.2. The number of anilines is 1. The van der Waals surface area contributed by atoms with Crippen molar-refractivity contribution >= 4 is 62.3 Å². The zero-order chi connectivity index (χ0) is 36.6. The lowest BCUT2D eigenvalue weighted by Gasteiger charge is -2.34. The van der Waals surface area contributed by atoms with E-state index in [1.54, 1.807) is 12.1 Å². The topological polar surface area (TPSA) is 114 Å². The highest BCUT2D eigenvalue weighted by atomic mass is 35.5. The predicted octanol–water partition coefficient (Wildman–Crippen LogP) is 7.03. The molecule has 4 aromatic rings. The number of benzene rings is 4. The van der Waals surface area contributed by atoms with Gasteiger partial charge in [0.2, 0.25) is 11.8 Å². The number of ether oxygens (including phenoxy) is 3. The minimum Gasteiger partial charge on any atom is -0.495 e. The van der Waals surface area contributed by atoms with Crippen LogP contribution in [0.4, 0.5) is 5.69 Å². The summed E-state index contributed by atoms with van der Waals surface area (Å²) in [5, 5.41) is 3.77. The van der Waals surface area contributed by atoms with Gasteiger partial charge in [-0.05, 0) is 67.4 Å². The van der Waals surface area contributed by atoms with Crippen LogP contribution in [0.15, 0.2) is 89.8 Å². The molecule has 4 rings (SSSR count). The van der Waals surface area contributed by atoms with Gasteiger partial charge in [0.1, 0.15) is 18.3 Å². The van der Waals surface area contributed by atoms with Crippen molar-refractivity contribution in [2.24, 2.45) is 0 Å². The molecule has 0 saturated heterocycles. The van der Waals surface area contributed by atoms with Gasteiger partial charge in [-0.15, -0.1) is 0 Å². The lowest BCUT2D eigenvalue weighted by molar-refractivity contribution is -0.140. The van der Waals surface area contributed by atoms with Crippen molar-refractivity contribution in [1.29, 1.82) is 0 Å². The van der Waals surface area contributed by atoms with Gasteiger partial charge in [0.25, 0.3) is 10.0 Å². The minimum absolute atomic E-state index is 0.00106. The van der Waals surface area contributed by atoms with Gasteiger partial charge in [-0.1, -0.05) is 71.2 Å². The van der Waals surface area contributed by atoms with Gasteiger partial charge in [-0.2, -0.15) is 0 Å². The minimum atomic E-state index is -4.53. The fourth-order valence-corrected chi connectivity index (χ4v) is 7.31. The summed E-state index contributed by atoms with van der Waals surface area (Å²) < 4.78 is 46.3. The van der Waals surface area contributed by atoms with Crippen molar-refractivity contribution < 1.29 is 32.2 Å². The Bertz CT molecular complexity index is 1930. The van der Waals surface area contributed by atoms with Crippen LogP contribution in [0, 0.1) is 0 Å². The normalized spacial score (nSPS) is 11.9. The molecule has 0 heterocycles. The van der Waals surface area contributed by atoms with E-state index >= 15 is 0 Å². The highest BCUT2D eigenvalue weighted by Crippen LogP contribution is 2.37. The van der Waals surface area contributed by atoms with Crippen molar-refractivity contribution in [2.45, 2.75) is 43.8 Å². The Morgan fingerprint density at radius 3 is 2.02 bits per heavy atom. The van der Waals surface area contributed by atoms with Gasteiger partial charge in [0.15, 0.2) is 11.5 Å². The molecule has 0 aliphatic heterocycles. The summed E-state index contributed by atoms with van der Waals surface area (Å²) in [7, 11) is -0.354. The Hall–Kier alpha value is -4.16. The molecule has 0 unspecified atom stereocenters. The molecule has 0 radical (unpaired) electrons. The lowest BCUT2D eigenvalue weighted by Crippen LogP contribution is -2.54. The summed E-state index contributed by atoms with van der Waals surface area (Å²) in [5.41, 5.74) is 1.27. The molecule has 0 aromatic heterocycles. The third-order valence-corrected chi connectivity index (χ3v) is 10.3. The molecule has 0 bridgehead atoms. The quantitative estimate of drug-likeness (QED) is 0.138. The highest BCUT2D eigenvalue weighted by molar-refractivity contribution is 7.92. The number of nitrogens with one attached hydrogen (secondary N) is 1. The number of hydrogen-bond acceptors (Lipinski definition) is 7. The zero-order valence-corrected chi connectivity index (χ0v) is 31.2. The van der Waals surface area contributed by atoms with E-state index in [4.69, 9.17) is 49.0 Å². The molecule has 0 saturated carbocycles. The van der Waals surface area contributed by atoms with Gasteiger partial charge in [-0.3, -0.25) is 13.9 Å². The van der Waals surface area contributed by atoms with E-state index in [2.05, 4.69) is 5.32 Å². The van der Waals surface area contributed by atoms with Crippen LogP contribution in [-0.2, 0) is 32.6 Å². The third kappa shape index (κ3) is 9.33. The maximum atomic E-state index is 14.8. The van der Waals surface area contributed by atoms with Crippen LogP contribution in [0.25, 0.3) is 0 Å². The maximum Gasteiger partial charge on any atom is 0.265 e. The summed E-state index contributed by atoms with van der Waals surface area (Å²) in [4.78, 5) is 29.8. The molecule has 50 heavy (non-hydrogen) atoms. The molecular weight excluding hydrogens is 725 g/mol. The first kappa shape index (κ1) is 38.6. The first-order valence-electron chi connectivity index (χ1n) is 15.4. The van der Waals surface area contributed by atoms with E-state index in [0.29, 0.717) is 16.3 Å². The molecule has 1 atom stereocenters. The SMILES string of the molecule is COc1ccc(S(=O)(=O)N(CC(=O)N(Cc2ccc(Cl)cc2Cl)[C@@H](Cc2ccccc2)C(=O)NC(C)C)c2cc(Cl)ccc2OC)cc1OC. The molecule has 266 valence electrons. The van der Waals surface area contributed by atoms with Crippen LogP contribution in [0.2, 0.25) is 15.1 Å². The van der Waals surface area contributed by atoms with E-state index in [1.807, 2.05) is 44.2 Å². The molecule has 0 fully saturated rings. The molecule has 1 N–H and O–H groups in total. The molecule has 10 nitrogen and oxygen atoms in total. The number of halogens is 3. The number of nitrogens with zero attached hydrogens (tertiary/aromatic N) is 2. The Kier molecular flexibility index (Phi) is 13.3. The van der Waals surface area contributed by atoms with Crippen molar-refractivity contribution in [3.63, 3.8) is 0 Å². The average Bonchev–Trinajstić information content (AvgIpc) is 3.09. The van der Waals surface area contributed by atoms with Crippen LogP contribution < -0.4 is 23.8 Å². The first-order valence-corrected chi connectivity index (χ1v) is 18.0. The van der Waals surface area contributed by atoms with Crippen LogP contribution in [0.1, 0.15) is 25.0 Å². The average molecular weight is 763 g/mol. The van der Waals surface area contributed by atoms with Gasteiger partial charge in [0.05, 0.1) is 31.9 Å². The van der Waals surface area contributed by atoms with E-state index in [-0.39, 0.29) is 51.1 Å². The molecule has 0 aliphatic rings. The summed E-state index contributed by atoms with van der Waals surface area (Å²) in [5.74, 6) is -0.540. The summed E-state index contributed by atoms with van der Waals surface area (Å²) in [6, 6.07) is 21.2. The Morgan fingerprint density at radius 2 is 1.40 bits per heavy atom. The predicted molar refractivity (Wildman–Crippen MR) is 196 cm³/mol. The van der Waals surface area contributed by atoms with Crippen molar-refractivity contribution in [2.75, 3.05) is 32.2 Å². The molecule has 4 aromatic carbocycles. The van der Waals surface area contributed by atoms with Crippen molar-refractivity contribution in [3.05, 3.63) is 111 Å². The molecule has 0 spiro atoms. The number of hydrogen-bond donors (Lipinski definition) is 1. The molecule has 14 heteroatoms. The Labute approximate surface area is 307 Å². The number of carbonyl (C=O) groups excluding carboxylic acids is 2. The van der Waals surface area contributed by atoms with Gasteiger partial charge < -0.3 is 24.4 Å². The fraction of sp³-hybridized carbons (Fsp3) is 0.278. The summed E-state index contributed by atoms with van der Waals surface area (Å²) in [6.45, 7) is 2.72. The van der Waals surface area contributed by atoms with E-state index in [9.17, 15) is 18.0 Å². The number of sulfonamides is 1. The summed E-state index contributed by atoms with van der Waals surface area (Å²) >= 11 is 19.1. The number of rotatable bonds is 15. The van der Waals surface area contributed by atoms with E-state index in [1.165, 1.54) is 68.7 Å². The van der Waals surface area contributed by atoms with Crippen molar-refractivity contribution in [1.82, 2.24) is 10.2 Å². The highest BCUT2D eigenvalue weighted by Gasteiger charge is 2.36. The largest absolute Gasteiger partial charge is 0.495 e. The Morgan fingerprint density at radius 1 is 0.780 bits per heavy atom. The first-order chi connectivity index (χ1) is 23.8. The number of methoxy groups -OCH3 is 3. The monoisotopic (exact) mass is 761 g/mol. The Balaban J connectivity index is 1.90. The van der Waals surface area contributed by atoms with E-state index in [0.717, 1.165) is 9.87 Å². The van der Waals surface area contributed by atoms with Crippen LogP contribution in [0.3, 0.4) is 0 Å². The summed E-state index contributed by atoms with van der Waals surface area (Å²) in [6.07, 6.45) is 0.124. The van der Waals surface area contributed by atoms with Gasteiger partial charge in [-0.25, -0.2) is 8.42 Å². The number of amides is 2. The second-order valence-corrected chi connectivity index (χ2v) is 14.6. The van der Waals surface area contributed by atoms with Gasteiger partial charge >= 0.3 is 0 Å². The maximum absolute atomic E-state index is 14.8. The van der Waals surface area contributed by atoms with Gasteiger partial charge in [0, 0.05) is 40.1 Å². The second-order valence-electron chi connectivity index (χ2n) is 11.5. The lowest BCUT2D eigenvalue weighted by atomic mass is 10.0. The van der Waals surface area contributed by atoms with Crippen LogP contribution >= 0.6 is 34.8 Å². The molecule has 0 aliphatic carbocycles. The smallest absolute Gasteiger partial charge is 0.265 e. The zero-order valence-electron chi connectivity index (χ0n) is 28.2. The van der Waals surface area contributed by atoms with Crippen molar-refractivity contribution in [3.8, 4) is 17.2 Å². The number of carbonyl (C=O) groups is 2. The fourth-order valence-electron chi connectivity index (χ4n) is 5.24. The van der Waals surface area contributed by atoms with Crippen LogP contribution in [0.5, 0.6) is 17.2 Å². The van der Waals surface area contributed by atoms with Crippen LogP contribution in [-0.4, -0.2) is 65.1 Å². The third-order valence-electron chi connectivity index (χ3n) is 7.69. The molecule has 2 amide bonds. The molecular formula is C36H38Cl3N3O7S. The van der Waals surface area contributed by atoms with E-state index < -0.39 is 34.4 Å².